The lowest BCUT2D eigenvalue weighted by Gasteiger charge is -2.08. The minimum Gasteiger partial charge on any atom is -0.497 e. The van der Waals surface area contributed by atoms with Crippen LogP contribution < -0.4 is 15.8 Å². The number of aromatic nitrogens is 1. The summed E-state index contributed by atoms with van der Waals surface area (Å²) in [6.07, 6.45) is 0. The fourth-order valence-corrected chi connectivity index (χ4v) is 3.15. The van der Waals surface area contributed by atoms with Crippen LogP contribution in [0.15, 0.2) is 24.3 Å². The summed E-state index contributed by atoms with van der Waals surface area (Å²) in [4.78, 5) is 12.5. The number of hydrogen-bond acceptors (Lipinski definition) is 6. The number of methoxy groups -OCH3 is 2. The molecule has 6 nitrogen and oxygen atoms in total. The van der Waals surface area contributed by atoms with Crippen LogP contribution in [0.1, 0.15) is 9.67 Å². The van der Waals surface area contributed by atoms with Crippen molar-refractivity contribution in [3.8, 4) is 11.4 Å². The Morgan fingerprint density at radius 2 is 2.05 bits per heavy atom. The number of anilines is 1. The van der Waals surface area contributed by atoms with Gasteiger partial charge in [0.1, 0.15) is 16.4 Å². The van der Waals surface area contributed by atoms with Gasteiger partial charge in [0.05, 0.1) is 13.7 Å². The zero-order chi connectivity index (χ0) is 16.1. The van der Waals surface area contributed by atoms with Crippen LogP contribution in [0.2, 0.25) is 0 Å². The van der Waals surface area contributed by atoms with E-state index in [1.165, 1.54) is 11.3 Å². The number of carbonyl (C=O) groups excluding carboxylic acids is 1. The normalized spacial score (nSPS) is 10.5. The van der Waals surface area contributed by atoms with Gasteiger partial charge in [-0.15, -0.1) is 0 Å². The van der Waals surface area contributed by atoms with Crippen LogP contribution in [-0.4, -0.2) is 37.8 Å². The monoisotopic (exact) mass is 339 g/mol. The van der Waals surface area contributed by atoms with Gasteiger partial charge in [-0.2, -0.15) is 0 Å². The van der Waals surface area contributed by atoms with Crippen LogP contribution in [0.3, 0.4) is 0 Å². The van der Waals surface area contributed by atoms with Crippen molar-refractivity contribution < 1.29 is 14.3 Å². The molecule has 0 spiro atoms. The van der Waals surface area contributed by atoms with Gasteiger partial charge in [0, 0.05) is 19.3 Å². The van der Waals surface area contributed by atoms with E-state index in [4.69, 9.17) is 27.4 Å². The molecule has 8 heteroatoms. The molecule has 0 bridgehead atoms. The highest BCUT2D eigenvalue weighted by atomic mass is 32.1. The Labute approximate surface area is 137 Å². The van der Waals surface area contributed by atoms with Crippen molar-refractivity contribution in [2.24, 2.45) is 0 Å². The van der Waals surface area contributed by atoms with Crippen LogP contribution in [0.25, 0.3) is 5.69 Å². The number of nitrogen functional groups attached to an aromatic ring is 1. The molecular formula is C14H17N3O3S2. The predicted molar refractivity (Wildman–Crippen MR) is 89.7 cm³/mol. The molecule has 0 aliphatic rings. The van der Waals surface area contributed by atoms with E-state index in [1.807, 2.05) is 24.3 Å². The minimum absolute atomic E-state index is 0.252. The van der Waals surface area contributed by atoms with Gasteiger partial charge in [-0.3, -0.25) is 9.36 Å². The number of ether oxygens (including phenoxy) is 2. The Morgan fingerprint density at radius 3 is 2.64 bits per heavy atom. The summed E-state index contributed by atoms with van der Waals surface area (Å²) < 4.78 is 12.2. The molecule has 2 aromatic rings. The van der Waals surface area contributed by atoms with Crippen molar-refractivity contribution in [1.29, 1.82) is 0 Å². The van der Waals surface area contributed by atoms with E-state index in [9.17, 15) is 4.79 Å². The van der Waals surface area contributed by atoms with Gasteiger partial charge in [0.25, 0.3) is 5.91 Å². The second-order valence-corrected chi connectivity index (χ2v) is 6.01. The number of thiazole rings is 1. The zero-order valence-electron chi connectivity index (χ0n) is 12.3. The Hall–Kier alpha value is -1.90. The average Bonchev–Trinajstić information content (AvgIpc) is 2.82. The molecule has 2 rings (SSSR count). The first kappa shape index (κ1) is 16.5. The van der Waals surface area contributed by atoms with Gasteiger partial charge in [-0.05, 0) is 36.5 Å². The second-order valence-electron chi connectivity index (χ2n) is 4.36. The number of amides is 1. The van der Waals surface area contributed by atoms with E-state index in [2.05, 4.69) is 5.32 Å². The first-order valence-corrected chi connectivity index (χ1v) is 7.73. The van der Waals surface area contributed by atoms with E-state index in [0.29, 0.717) is 27.8 Å². The quantitative estimate of drug-likeness (QED) is 0.623. The maximum atomic E-state index is 12.1. The van der Waals surface area contributed by atoms with Crippen molar-refractivity contribution in [2.45, 2.75) is 0 Å². The first-order chi connectivity index (χ1) is 10.6. The summed E-state index contributed by atoms with van der Waals surface area (Å²) in [5.41, 5.74) is 6.88. The molecule has 0 atom stereocenters. The van der Waals surface area contributed by atoms with Gasteiger partial charge in [0.15, 0.2) is 3.95 Å². The molecule has 0 fully saturated rings. The number of nitrogens with two attached hydrogens (primary N) is 1. The van der Waals surface area contributed by atoms with Crippen LogP contribution >= 0.6 is 23.6 Å². The number of rotatable bonds is 6. The molecule has 1 heterocycles. The molecule has 3 N–H and O–H groups in total. The Morgan fingerprint density at radius 1 is 1.36 bits per heavy atom. The molecule has 0 aliphatic heterocycles. The van der Waals surface area contributed by atoms with Crippen molar-refractivity contribution >= 4 is 35.3 Å². The molecule has 22 heavy (non-hydrogen) atoms. The zero-order valence-corrected chi connectivity index (χ0v) is 13.9. The van der Waals surface area contributed by atoms with Crippen molar-refractivity contribution in [1.82, 2.24) is 9.88 Å². The van der Waals surface area contributed by atoms with Crippen LogP contribution in [0.4, 0.5) is 5.82 Å². The largest absolute Gasteiger partial charge is 0.497 e. The average molecular weight is 339 g/mol. The van der Waals surface area contributed by atoms with Gasteiger partial charge >= 0.3 is 0 Å². The maximum absolute atomic E-state index is 12.1. The van der Waals surface area contributed by atoms with E-state index in [-0.39, 0.29) is 5.91 Å². The lowest BCUT2D eigenvalue weighted by Crippen LogP contribution is -2.27. The summed E-state index contributed by atoms with van der Waals surface area (Å²) >= 11 is 6.50. The molecule has 118 valence electrons. The maximum Gasteiger partial charge on any atom is 0.265 e. The second kappa shape index (κ2) is 7.39. The molecule has 0 aliphatic carbocycles. The smallest absolute Gasteiger partial charge is 0.265 e. The summed E-state index contributed by atoms with van der Waals surface area (Å²) in [5.74, 6) is 0.814. The van der Waals surface area contributed by atoms with E-state index >= 15 is 0 Å². The van der Waals surface area contributed by atoms with Gasteiger partial charge < -0.3 is 20.5 Å². The van der Waals surface area contributed by atoms with E-state index in [1.54, 1.807) is 18.8 Å². The third kappa shape index (κ3) is 3.46. The Bertz CT molecular complexity index is 707. The fraction of sp³-hybridized carbons (Fsp3) is 0.286. The number of carbonyl (C=O) groups is 1. The summed E-state index contributed by atoms with van der Waals surface area (Å²) in [6, 6.07) is 7.30. The lowest BCUT2D eigenvalue weighted by atomic mass is 10.3. The lowest BCUT2D eigenvalue weighted by molar-refractivity contribution is 0.0941. The van der Waals surface area contributed by atoms with Gasteiger partial charge in [-0.25, -0.2) is 0 Å². The van der Waals surface area contributed by atoms with Crippen molar-refractivity contribution in [3.05, 3.63) is 33.1 Å². The molecule has 0 saturated carbocycles. The third-order valence-corrected chi connectivity index (χ3v) is 4.36. The molecule has 0 radical (unpaired) electrons. The van der Waals surface area contributed by atoms with E-state index < -0.39 is 0 Å². The summed E-state index contributed by atoms with van der Waals surface area (Å²) in [6.45, 7) is 0.859. The number of hydrogen-bond donors (Lipinski definition) is 2. The van der Waals surface area contributed by atoms with Crippen LogP contribution in [-0.2, 0) is 4.74 Å². The molecule has 0 unspecified atom stereocenters. The molecule has 1 aromatic heterocycles. The highest BCUT2D eigenvalue weighted by molar-refractivity contribution is 7.73. The minimum atomic E-state index is -0.252. The SMILES string of the molecule is COCCNC(=O)c1sc(=S)n(-c2ccc(OC)cc2)c1N. The Balaban J connectivity index is 2.30. The standard InChI is InChI=1S/C14H17N3O3S2/c1-19-8-7-16-13(18)11-12(15)17(14(21)22-11)9-3-5-10(20-2)6-4-9/h3-6H,7-8,15H2,1-2H3,(H,16,18). The highest BCUT2D eigenvalue weighted by Gasteiger charge is 2.17. The number of nitrogens with one attached hydrogen (secondary N) is 1. The summed E-state index contributed by atoms with van der Waals surface area (Å²) in [7, 11) is 3.17. The van der Waals surface area contributed by atoms with Gasteiger partial charge in [-0.1, -0.05) is 11.3 Å². The molecular weight excluding hydrogens is 322 g/mol. The number of nitrogens with zero attached hydrogens (tertiary/aromatic N) is 1. The topological polar surface area (TPSA) is 78.5 Å². The van der Waals surface area contributed by atoms with Crippen LogP contribution in [0.5, 0.6) is 5.75 Å². The van der Waals surface area contributed by atoms with Gasteiger partial charge in [0.2, 0.25) is 0 Å². The van der Waals surface area contributed by atoms with Crippen molar-refractivity contribution in [2.75, 3.05) is 33.1 Å². The van der Waals surface area contributed by atoms with E-state index in [0.717, 1.165) is 11.4 Å². The highest BCUT2D eigenvalue weighted by Crippen LogP contribution is 2.27. The fourth-order valence-electron chi connectivity index (χ4n) is 1.87. The predicted octanol–water partition coefficient (Wildman–Crippen LogP) is 2.24. The molecule has 1 aromatic carbocycles. The molecule has 1 amide bonds. The first-order valence-electron chi connectivity index (χ1n) is 6.51. The van der Waals surface area contributed by atoms with Crippen molar-refractivity contribution in [3.63, 3.8) is 0 Å². The summed E-state index contributed by atoms with van der Waals surface area (Å²) in [5, 5.41) is 2.74. The third-order valence-electron chi connectivity index (χ3n) is 2.97. The molecule has 0 saturated heterocycles. The number of benzene rings is 1. The Kier molecular flexibility index (Phi) is 5.53. The van der Waals surface area contributed by atoms with Crippen LogP contribution in [0, 0.1) is 3.95 Å².